The summed E-state index contributed by atoms with van der Waals surface area (Å²) in [7, 11) is 0. The van der Waals surface area contributed by atoms with E-state index >= 15 is 0 Å². The van der Waals surface area contributed by atoms with Gasteiger partial charge >= 0.3 is 0 Å². The van der Waals surface area contributed by atoms with Crippen LogP contribution in [0.2, 0.25) is 0 Å². The highest BCUT2D eigenvalue weighted by atomic mass is 16.7. The van der Waals surface area contributed by atoms with Gasteiger partial charge in [-0.3, -0.25) is 4.79 Å². The summed E-state index contributed by atoms with van der Waals surface area (Å²) in [4.78, 5) is 13.0. The Labute approximate surface area is 348 Å². The molecule has 1 amide bonds. The van der Waals surface area contributed by atoms with Crippen molar-refractivity contribution in [3.8, 4) is 0 Å². The maximum absolute atomic E-state index is 13.0. The first-order chi connectivity index (χ1) is 27.8. The molecule has 7 unspecified atom stereocenters. The zero-order valence-corrected chi connectivity index (χ0v) is 36.3. The summed E-state index contributed by atoms with van der Waals surface area (Å²) in [6.07, 6.45) is 41.5. The number of carbonyl (C=O) groups excluding carboxylic acids is 1. The van der Waals surface area contributed by atoms with Crippen molar-refractivity contribution in [2.24, 2.45) is 0 Å². The third kappa shape index (κ3) is 29.1. The highest BCUT2D eigenvalue weighted by Crippen LogP contribution is 2.22. The molecule has 1 fully saturated rings. The monoisotopic (exact) mass is 806 g/mol. The molecule has 1 saturated heterocycles. The maximum Gasteiger partial charge on any atom is 0.220 e. The summed E-state index contributed by atoms with van der Waals surface area (Å²) in [6.45, 7) is 3.73. The van der Waals surface area contributed by atoms with Crippen LogP contribution in [0.5, 0.6) is 0 Å². The van der Waals surface area contributed by atoms with Crippen LogP contribution in [-0.2, 0) is 14.3 Å². The van der Waals surface area contributed by atoms with Crippen LogP contribution < -0.4 is 5.32 Å². The molecule has 0 aromatic heterocycles. The first-order valence-corrected chi connectivity index (χ1v) is 23.4. The lowest BCUT2D eigenvalue weighted by atomic mass is 9.99. The number of aliphatic hydroxyl groups is 5. The molecule has 1 rings (SSSR count). The highest BCUT2D eigenvalue weighted by Gasteiger charge is 2.44. The zero-order chi connectivity index (χ0) is 41.6. The molecule has 9 nitrogen and oxygen atoms in total. The third-order valence-corrected chi connectivity index (χ3v) is 10.9. The van der Waals surface area contributed by atoms with E-state index in [0.717, 1.165) is 57.8 Å². The average Bonchev–Trinajstić information content (AvgIpc) is 3.21. The van der Waals surface area contributed by atoms with Gasteiger partial charge in [-0.1, -0.05) is 172 Å². The molecule has 1 heterocycles. The minimum absolute atomic E-state index is 0.196. The van der Waals surface area contributed by atoms with Gasteiger partial charge in [-0.25, -0.2) is 0 Å². The number of aliphatic hydroxyl groups excluding tert-OH is 5. The molecule has 1 aliphatic heterocycles. The molecule has 0 aromatic carbocycles. The predicted octanol–water partition coefficient (Wildman–Crippen LogP) is 9.84. The second-order valence-corrected chi connectivity index (χ2v) is 16.2. The minimum Gasteiger partial charge on any atom is -0.394 e. The molecule has 9 heteroatoms. The lowest BCUT2D eigenvalue weighted by Gasteiger charge is -2.40. The molecule has 57 heavy (non-hydrogen) atoms. The Hall–Kier alpha value is -1.85. The first-order valence-electron chi connectivity index (χ1n) is 23.4. The Bertz CT molecular complexity index is 1030. The van der Waals surface area contributed by atoms with Gasteiger partial charge in [-0.15, -0.1) is 0 Å². The van der Waals surface area contributed by atoms with Crippen molar-refractivity contribution in [2.75, 3.05) is 13.2 Å². The van der Waals surface area contributed by atoms with E-state index in [1.807, 2.05) is 6.08 Å². The topological polar surface area (TPSA) is 149 Å². The molecule has 0 aromatic rings. The van der Waals surface area contributed by atoms with Gasteiger partial charge in [0.1, 0.15) is 24.4 Å². The normalized spacial score (nSPS) is 21.4. The lowest BCUT2D eigenvalue weighted by molar-refractivity contribution is -0.302. The van der Waals surface area contributed by atoms with Crippen molar-refractivity contribution in [1.29, 1.82) is 0 Å². The van der Waals surface area contributed by atoms with Crippen LogP contribution in [0.15, 0.2) is 48.6 Å². The van der Waals surface area contributed by atoms with Crippen LogP contribution in [0, 0.1) is 0 Å². The molecule has 0 spiro atoms. The van der Waals surface area contributed by atoms with E-state index < -0.39 is 49.5 Å². The summed E-state index contributed by atoms with van der Waals surface area (Å²) >= 11 is 0. The fourth-order valence-electron chi connectivity index (χ4n) is 7.08. The Balaban J connectivity index is 2.39. The summed E-state index contributed by atoms with van der Waals surface area (Å²) < 4.78 is 11.2. The number of nitrogens with one attached hydrogen (secondary N) is 1. The second kappa shape index (κ2) is 38.4. The van der Waals surface area contributed by atoms with Crippen molar-refractivity contribution in [2.45, 2.75) is 236 Å². The largest absolute Gasteiger partial charge is 0.394 e. The highest BCUT2D eigenvalue weighted by molar-refractivity contribution is 5.76. The van der Waals surface area contributed by atoms with E-state index in [1.54, 1.807) is 6.08 Å². The van der Waals surface area contributed by atoms with Gasteiger partial charge in [0.15, 0.2) is 6.29 Å². The lowest BCUT2D eigenvalue weighted by Crippen LogP contribution is -2.60. The van der Waals surface area contributed by atoms with E-state index in [1.165, 1.54) is 116 Å². The average molecular weight is 806 g/mol. The number of ether oxygens (including phenoxy) is 2. The summed E-state index contributed by atoms with van der Waals surface area (Å²) in [6, 6.07) is -0.825. The summed E-state index contributed by atoms with van der Waals surface area (Å²) in [5.41, 5.74) is 0. The number of hydrogen-bond acceptors (Lipinski definition) is 8. The first kappa shape index (κ1) is 53.2. The molecule has 0 radical (unpaired) electrons. The quantitative estimate of drug-likeness (QED) is 0.0267. The molecule has 7 atom stereocenters. The van der Waals surface area contributed by atoms with Gasteiger partial charge in [0.05, 0.1) is 25.4 Å². The molecule has 0 aliphatic carbocycles. The van der Waals surface area contributed by atoms with Crippen molar-refractivity contribution in [3.63, 3.8) is 0 Å². The second-order valence-electron chi connectivity index (χ2n) is 16.2. The zero-order valence-electron chi connectivity index (χ0n) is 36.3. The molecule has 332 valence electrons. The van der Waals surface area contributed by atoms with Crippen molar-refractivity contribution in [3.05, 3.63) is 48.6 Å². The maximum atomic E-state index is 13.0. The number of carbonyl (C=O) groups is 1. The van der Waals surface area contributed by atoms with Crippen LogP contribution in [0.3, 0.4) is 0 Å². The Kier molecular flexibility index (Phi) is 35.8. The van der Waals surface area contributed by atoms with Crippen LogP contribution >= 0.6 is 0 Å². The van der Waals surface area contributed by atoms with Gasteiger partial charge in [0.2, 0.25) is 5.91 Å². The van der Waals surface area contributed by atoms with Crippen molar-refractivity contribution >= 4 is 5.91 Å². The van der Waals surface area contributed by atoms with Gasteiger partial charge in [0, 0.05) is 6.42 Å². The van der Waals surface area contributed by atoms with Crippen molar-refractivity contribution < 1.29 is 39.8 Å². The predicted molar refractivity (Wildman–Crippen MR) is 235 cm³/mol. The van der Waals surface area contributed by atoms with Crippen LogP contribution in [0.1, 0.15) is 194 Å². The van der Waals surface area contributed by atoms with Crippen molar-refractivity contribution in [1.82, 2.24) is 5.32 Å². The fraction of sp³-hybridized carbons (Fsp3) is 0.812. The number of unbranched alkanes of at least 4 members (excludes halogenated alkanes) is 22. The SMILES string of the molecule is CCCCCC/C=C\C/C=C\CCCCCCCCCC(=O)NC(COC1OC(CO)C(O)C(O)C1O)C(O)/C=C/CC/C=C/CCCCCCCCCCCC. The molecule has 0 bridgehead atoms. The Morgan fingerprint density at radius 3 is 1.60 bits per heavy atom. The van der Waals surface area contributed by atoms with E-state index in [9.17, 15) is 30.3 Å². The van der Waals surface area contributed by atoms with Gasteiger partial charge in [0.25, 0.3) is 0 Å². The van der Waals surface area contributed by atoms with Crippen LogP contribution in [0.25, 0.3) is 0 Å². The van der Waals surface area contributed by atoms with Gasteiger partial charge in [-0.05, 0) is 64.2 Å². The molecule has 1 aliphatic rings. The Morgan fingerprint density at radius 1 is 0.596 bits per heavy atom. The Morgan fingerprint density at radius 2 is 1.05 bits per heavy atom. The molecule has 6 N–H and O–H groups in total. The van der Waals surface area contributed by atoms with Gasteiger partial charge < -0.3 is 40.3 Å². The number of amides is 1. The minimum atomic E-state index is -1.57. The smallest absolute Gasteiger partial charge is 0.220 e. The van der Waals surface area contributed by atoms with Crippen LogP contribution in [0.4, 0.5) is 0 Å². The number of rotatable bonds is 38. The third-order valence-electron chi connectivity index (χ3n) is 10.9. The molecular weight excluding hydrogens is 719 g/mol. The summed E-state index contributed by atoms with van der Waals surface area (Å²) in [5, 5.41) is 54.2. The number of allylic oxidation sites excluding steroid dienone is 7. The fourth-order valence-corrected chi connectivity index (χ4v) is 7.08. The molecule has 0 saturated carbocycles. The molecular formula is C48H87NO8. The van der Waals surface area contributed by atoms with E-state index in [4.69, 9.17) is 9.47 Å². The van der Waals surface area contributed by atoms with E-state index in [-0.39, 0.29) is 12.5 Å². The van der Waals surface area contributed by atoms with Gasteiger partial charge in [-0.2, -0.15) is 0 Å². The van der Waals surface area contributed by atoms with E-state index in [0.29, 0.717) is 6.42 Å². The standard InChI is InChI=1S/C48H87NO8/c1-3-5-7-9-11-13-15-17-19-21-22-24-26-28-30-32-34-36-38-44(52)49-41(40-56-48-47(55)46(54)45(53)43(39-50)57-48)42(51)37-35-33-31-29-27-25-23-20-18-16-14-12-10-8-6-4-2/h13,15,19,21,27,29,35,37,41-43,45-48,50-51,53-55H,3-12,14,16-18,20,22-26,28,30-34,36,38-40H2,1-2H3,(H,49,52)/b15-13-,21-19-,29-27+,37-35+. The number of hydrogen-bond donors (Lipinski definition) is 6. The van der Waals surface area contributed by atoms with E-state index in [2.05, 4.69) is 55.6 Å². The summed E-state index contributed by atoms with van der Waals surface area (Å²) in [5.74, 6) is -0.196. The van der Waals surface area contributed by atoms with Crippen LogP contribution in [-0.4, -0.2) is 87.5 Å².